The third-order valence-corrected chi connectivity index (χ3v) is 5.66. The van der Waals surface area contributed by atoms with Gasteiger partial charge in [0.25, 0.3) is 0 Å². The minimum absolute atomic E-state index is 0.122. The largest absolute Gasteiger partial charge is 0.416 e. The van der Waals surface area contributed by atoms with Gasteiger partial charge in [-0.05, 0) is 49.9 Å². The fourth-order valence-electron chi connectivity index (χ4n) is 4.17. The number of alkyl halides is 3. The number of aryl methyl sites for hydroxylation is 2. The van der Waals surface area contributed by atoms with E-state index in [1.807, 2.05) is 24.8 Å². The maximum atomic E-state index is 13.2. The highest BCUT2D eigenvalue weighted by Crippen LogP contribution is 2.33. The van der Waals surface area contributed by atoms with Gasteiger partial charge < -0.3 is 11.1 Å². The first-order valence-electron chi connectivity index (χ1n) is 10.3. The molecule has 1 aliphatic rings. The van der Waals surface area contributed by atoms with Crippen LogP contribution in [0, 0.1) is 13.8 Å². The zero-order valence-corrected chi connectivity index (χ0v) is 17.5. The van der Waals surface area contributed by atoms with Crippen molar-refractivity contribution in [1.82, 2.24) is 19.9 Å². The molecule has 2 aromatic heterocycles. The second-order valence-corrected chi connectivity index (χ2v) is 8.06. The predicted octanol–water partition coefficient (Wildman–Crippen LogP) is 4.32. The molecule has 1 aliphatic heterocycles. The van der Waals surface area contributed by atoms with Gasteiger partial charge in [-0.1, -0.05) is 18.2 Å². The first-order chi connectivity index (χ1) is 14.7. The van der Waals surface area contributed by atoms with Crippen LogP contribution in [0.2, 0.25) is 0 Å². The molecule has 0 aliphatic carbocycles. The highest BCUT2D eigenvalue weighted by Gasteiger charge is 2.33. The van der Waals surface area contributed by atoms with Crippen LogP contribution in [0.3, 0.4) is 0 Å². The van der Waals surface area contributed by atoms with Gasteiger partial charge in [0.15, 0.2) is 5.65 Å². The molecule has 3 aromatic rings. The summed E-state index contributed by atoms with van der Waals surface area (Å²) in [4.78, 5) is 15.4. The van der Waals surface area contributed by atoms with Crippen molar-refractivity contribution in [2.45, 2.75) is 45.5 Å². The van der Waals surface area contributed by atoms with Gasteiger partial charge in [0.05, 0.1) is 10.9 Å². The zero-order valence-electron chi connectivity index (χ0n) is 17.5. The summed E-state index contributed by atoms with van der Waals surface area (Å²) < 4.78 is 39.7. The quantitative estimate of drug-likeness (QED) is 0.642. The normalized spacial score (nSPS) is 16.0. The van der Waals surface area contributed by atoms with Crippen LogP contribution in [-0.4, -0.2) is 39.0 Å². The summed E-state index contributed by atoms with van der Waals surface area (Å²) in [7, 11) is 0. The van der Waals surface area contributed by atoms with Crippen molar-refractivity contribution in [3.8, 4) is 0 Å². The molecule has 4 rings (SSSR count). The van der Waals surface area contributed by atoms with Crippen molar-refractivity contribution in [2.75, 3.05) is 24.1 Å². The fraction of sp³-hybridized carbons (Fsp3) is 0.409. The number of aromatic nitrogens is 3. The minimum Gasteiger partial charge on any atom is -0.383 e. The molecule has 0 unspecified atom stereocenters. The first kappa shape index (κ1) is 21.3. The van der Waals surface area contributed by atoms with E-state index in [0.717, 1.165) is 35.6 Å². The second-order valence-electron chi connectivity index (χ2n) is 8.06. The number of likely N-dealkylation sites (tertiary alicyclic amines) is 1. The number of benzene rings is 1. The lowest BCUT2D eigenvalue weighted by molar-refractivity contribution is -0.138. The summed E-state index contributed by atoms with van der Waals surface area (Å²) >= 11 is 0. The van der Waals surface area contributed by atoms with Gasteiger partial charge >= 0.3 is 6.18 Å². The number of nitrogens with zero attached hydrogens (tertiary/aromatic N) is 4. The van der Waals surface area contributed by atoms with Gasteiger partial charge in [0.2, 0.25) is 5.95 Å². The van der Waals surface area contributed by atoms with E-state index in [0.29, 0.717) is 36.1 Å². The molecule has 6 nitrogen and oxygen atoms in total. The maximum Gasteiger partial charge on any atom is 0.416 e. The Morgan fingerprint density at radius 1 is 1.10 bits per heavy atom. The molecule has 164 valence electrons. The Labute approximate surface area is 178 Å². The summed E-state index contributed by atoms with van der Waals surface area (Å²) in [5.41, 5.74) is 8.30. The standard InChI is InChI=1S/C22H25F3N6/c1-13-11-14(2)27-20-18(13)19(26)29-21(30-20)28-16-7-9-31(10-8-16)12-15-5-3-4-6-17(15)22(23,24)25/h3-6,11,16H,7-10,12H2,1-2H3,(H3,26,27,28,29,30). The van der Waals surface area contributed by atoms with Crippen LogP contribution in [-0.2, 0) is 12.7 Å². The van der Waals surface area contributed by atoms with Gasteiger partial charge in [-0.25, -0.2) is 4.98 Å². The Hall–Kier alpha value is -2.94. The van der Waals surface area contributed by atoms with Crippen molar-refractivity contribution in [2.24, 2.45) is 0 Å². The number of nitrogens with one attached hydrogen (secondary N) is 1. The lowest BCUT2D eigenvalue weighted by Crippen LogP contribution is -2.39. The summed E-state index contributed by atoms with van der Waals surface area (Å²) in [5, 5.41) is 4.08. The predicted molar refractivity (Wildman–Crippen MR) is 115 cm³/mol. The number of hydrogen-bond acceptors (Lipinski definition) is 6. The molecular formula is C22H25F3N6. The smallest absolute Gasteiger partial charge is 0.383 e. The Morgan fingerprint density at radius 2 is 1.81 bits per heavy atom. The van der Waals surface area contributed by atoms with Gasteiger partial charge in [-0.2, -0.15) is 23.1 Å². The molecule has 31 heavy (non-hydrogen) atoms. The third-order valence-electron chi connectivity index (χ3n) is 5.66. The molecule has 0 bridgehead atoms. The van der Waals surface area contributed by atoms with Crippen molar-refractivity contribution in [3.05, 3.63) is 52.7 Å². The number of fused-ring (bicyclic) bond motifs is 1. The third kappa shape index (κ3) is 4.71. The minimum atomic E-state index is -4.34. The summed E-state index contributed by atoms with van der Waals surface area (Å²) in [6.07, 6.45) is -2.79. The SMILES string of the molecule is Cc1cc(C)c2c(N)nc(NC3CCN(Cc4ccccc4C(F)(F)F)CC3)nc2n1. The highest BCUT2D eigenvalue weighted by molar-refractivity contribution is 5.89. The van der Waals surface area contributed by atoms with E-state index in [1.54, 1.807) is 12.1 Å². The van der Waals surface area contributed by atoms with E-state index in [1.165, 1.54) is 6.07 Å². The number of rotatable bonds is 4. The number of nitrogen functional groups attached to an aromatic ring is 1. The topological polar surface area (TPSA) is 80.0 Å². The molecule has 9 heteroatoms. The van der Waals surface area contributed by atoms with E-state index >= 15 is 0 Å². The van der Waals surface area contributed by atoms with Crippen LogP contribution >= 0.6 is 0 Å². The van der Waals surface area contributed by atoms with E-state index < -0.39 is 11.7 Å². The fourth-order valence-corrected chi connectivity index (χ4v) is 4.17. The van der Waals surface area contributed by atoms with Crippen LogP contribution in [0.25, 0.3) is 11.0 Å². The molecule has 1 saturated heterocycles. The Bertz CT molecular complexity index is 1090. The second kappa shape index (κ2) is 8.30. The van der Waals surface area contributed by atoms with Crippen LogP contribution in [0.15, 0.2) is 30.3 Å². The van der Waals surface area contributed by atoms with Gasteiger partial charge in [0.1, 0.15) is 5.82 Å². The number of pyridine rings is 1. The Kier molecular flexibility index (Phi) is 5.70. The summed E-state index contributed by atoms with van der Waals surface area (Å²) in [6.45, 7) is 5.51. The molecule has 0 spiro atoms. The lowest BCUT2D eigenvalue weighted by Gasteiger charge is -2.33. The Balaban J connectivity index is 1.41. The van der Waals surface area contributed by atoms with Gasteiger partial charge in [0, 0.05) is 31.4 Å². The summed E-state index contributed by atoms with van der Waals surface area (Å²) in [6, 6.07) is 7.84. The van der Waals surface area contributed by atoms with E-state index in [9.17, 15) is 13.2 Å². The number of halogens is 3. The number of piperidine rings is 1. The van der Waals surface area contributed by atoms with E-state index in [2.05, 4.69) is 20.3 Å². The monoisotopic (exact) mass is 430 g/mol. The molecular weight excluding hydrogens is 405 g/mol. The van der Waals surface area contributed by atoms with Crippen LogP contribution in [0.5, 0.6) is 0 Å². The molecule has 1 fully saturated rings. The average Bonchev–Trinajstić information content (AvgIpc) is 2.68. The van der Waals surface area contributed by atoms with Crippen LogP contribution < -0.4 is 11.1 Å². The highest BCUT2D eigenvalue weighted by atomic mass is 19.4. The molecule has 3 heterocycles. The van der Waals surface area contributed by atoms with Crippen molar-refractivity contribution < 1.29 is 13.2 Å². The molecule has 0 radical (unpaired) electrons. The van der Waals surface area contributed by atoms with Gasteiger partial charge in [-0.3, -0.25) is 4.90 Å². The van der Waals surface area contributed by atoms with Crippen molar-refractivity contribution in [1.29, 1.82) is 0 Å². The molecule has 1 aromatic carbocycles. The zero-order chi connectivity index (χ0) is 22.2. The molecule has 3 N–H and O–H groups in total. The van der Waals surface area contributed by atoms with E-state index in [4.69, 9.17) is 5.73 Å². The number of anilines is 2. The number of hydrogen-bond donors (Lipinski definition) is 2. The Morgan fingerprint density at radius 3 is 2.52 bits per heavy atom. The van der Waals surface area contributed by atoms with Crippen LogP contribution in [0.4, 0.5) is 24.9 Å². The van der Waals surface area contributed by atoms with Crippen molar-refractivity contribution >= 4 is 22.8 Å². The van der Waals surface area contributed by atoms with Gasteiger partial charge in [-0.15, -0.1) is 0 Å². The maximum absolute atomic E-state index is 13.2. The molecule has 0 atom stereocenters. The first-order valence-corrected chi connectivity index (χ1v) is 10.3. The average molecular weight is 430 g/mol. The summed E-state index contributed by atoms with van der Waals surface area (Å²) in [5.74, 6) is 0.821. The molecule has 0 amide bonds. The van der Waals surface area contributed by atoms with Crippen LogP contribution in [0.1, 0.15) is 35.2 Å². The van der Waals surface area contributed by atoms with Crippen molar-refractivity contribution in [3.63, 3.8) is 0 Å². The number of nitrogens with two attached hydrogens (primary N) is 1. The molecule has 0 saturated carbocycles. The van der Waals surface area contributed by atoms with E-state index in [-0.39, 0.29) is 12.6 Å². The lowest BCUT2D eigenvalue weighted by atomic mass is 10.0.